The molecule has 0 bridgehead atoms. The van der Waals surface area contributed by atoms with Crippen LogP contribution in [0.15, 0.2) is 219 Å². The normalized spacial score (nSPS) is 12.6. The van der Waals surface area contributed by atoms with Crippen molar-refractivity contribution in [1.82, 2.24) is 79.0 Å². The van der Waals surface area contributed by atoms with Crippen LogP contribution in [0.4, 0.5) is 0 Å². The second kappa shape index (κ2) is 18.0. The smallest absolute Gasteiger partial charge is 0.259 e. The van der Waals surface area contributed by atoms with Gasteiger partial charge in [0.15, 0.2) is 34.9 Å². The molecule has 0 fully saturated rings. The fourth-order valence-corrected chi connectivity index (χ4v) is 16.0. The Morgan fingerprint density at radius 3 is 1.05 bits per heavy atom. The number of benzene rings is 8. The molecule has 7 aromatic heterocycles. The minimum atomic E-state index is -3.48. The standard InChI is InChI=1S/C63H36N16Si/c1-12-30-56-41(19-1)63-72-50-28-10-11-29-55(50)79(63)80(56,39-17-13-15-37(31-39)57-73-59(51-33-64-42-20-2-6-24-46(42)68-51)77-60(74-57)52-34-65-43-21-3-7-25-47(43)69-52)40-18-14-16-38(32-40)58-75-61(53-35-66-44-22-4-8-26-48(44)70-53)78-62(76-58)54-36-67-45-23-5-9-27-49(45)71-54/h1-36H. The van der Waals surface area contributed by atoms with Crippen molar-refractivity contribution < 1.29 is 0 Å². The molecule has 15 aromatic rings. The highest BCUT2D eigenvalue weighted by molar-refractivity contribution is 7.12. The molecule has 0 atom stereocenters. The fourth-order valence-electron chi connectivity index (χ4n) is 10.9. The average molecular weight is 1050 g/mol. The van der Waals surface area contributed by atoms with E-state index in [2.05, 4.69) is 83.1 Å². The fraction of sp³-hybridized carbons (Fsp3) is 0. The van der Waals surface area contributed by atoms with Gasteiger partial charge in [-0.3, -0.25) is 19.9 Å². The van der Waals surface area contributed by atoms with Gasteiger partial charge in [-0.25, -0.2) is 54.8 Å². The summed E-state index contributed by atoms with van der Waals surface area (Å²) in [4.78, 5) is 75.2. The Morgan fingerprint density at radius 1 is 0.275 bits per heavy atom. The molecule has 16 nitrogen and oxygen atoms in total. The lowest BCUT2D eigenvalue weighted by molar-refractivity contribution is 1.04. The summed E-state index contributed by atoms with van der Waals surface area (Å²) >= 11 is 0. The number of nitrogens with zero attached hydrogens (tertiary/aromatic N) is 16. The van der Waals surface area contributed by atoms with E-state index >= 15 is 0 Å². The van der Waals surface area contributed by atoms with Crippen molar-refractivity contribution in [3.63, 3.8) is 0 Å². The van der Waals surface area contributed by atoms with Crippen LogP contribution in [0.1, 0.15) is 0 Å². The van der Waals surface area contributed by atoms with Gasteiger partial charge >= 0.3 is 0 Å². The molecule has 0 aliphatic carbocycles. The van der Waals surface area contributed by atoms with Crippen LogP contribution in [0.3, 0.4) is 0 Å². The zero-order valence-electron chi connectivity index (χ0n) is 41.9. The minimum absolute atomic E-state index is 0.345. The monoisotopic (exact) mass is 1040 g/mol. The largest absolute Gasteiger partial charge is 0.339 e. The maximum atomic E-state index is 5.39. The first kappa shape index (κ1) is 45.1. The molecule has 17 heteroatoms. The van der Waals surface area contributed by atoms with Gasteiger partial charge in [-0.15, -0.1) is 0 Å². The molecule has 1 aliphatic heterocycles. The molecule has 372 valence electrons. The summed E-state index contributed by atoms with van der Waals surface area (Å²) in [5, 5.41) is 3.26. The van der Waals surface area contributed by atoms with E-state index in [0.717, 1.165) is 71.2 Å². The molecule has 16 rings (SSSR count). The van der Waals surface area contributed by atoms with Crippen LogP contribution in [-0.4, -0.2) is 87.2 Å². The molecule has 0 saturated carbocycles. The van der Waals surface area contributed by atoms with Crippen LogP contribution in [0.5, 0.6) is 0 Å². The molecule has 0 radical (unpaired) electrons. The van der Waals surface area contributed by atoms with Crippen LogP contribution < -0.4 is 15.6 Å². The molecular weight excluding hydrogens is 1010 g/mol. The second-order valence-corrected chi connectivity index (χ2v) is 22.8. The highest BCUT2D eigenvalue weighted by Crippen LogP contribution is 2.36. The van der Waals surface area contributed by atoms with E-state index in [4.69, 9.17) is 74.8 Å². The Bertz CT molecular complexity index is 4580. The van der Waals surface area contributed by atoms with E-state index in [0.29, 0.717) is 79.8 Å². The third kappa shape index (κ3) is 7.32. The topological polar surface area (TPSA) is 198 Å². The van der Waals surface area contributed by atoms with E-state index in [1.807, 2.05) is 115 Å². The molecule has 0 amide bonds. The van der Waals surface area contributed by atoms with Gasteiger partial charge in [-0.1, -0.05) is 121 Å². The number of hydrogen-bond donors (Lipinski definition) is 0. The summed E-state index contributed by atoms with van der Waals surface area (Å²) in [7, 11) is -3.48. The van der Waals surface area contributed by atoms with Crippen molar-refractivity contribution in [2.75, 3.05) is 0 Å². The lowest BCUT2D eigenvalue weighted by atomic mass is 10.2. The number of aromatic nitrogens is 16. The first-order valence-corrected chi connectivity index (χ1v) is 27.7. The molecule has 0 N–H and O–H groups in total. The van der Waals surface area contributed by atoms with E-state index in [1.54, 1.807) is 24.8 Å². The van der Waals surface area contributed by atoms with Crippen LogP contribution >= 0.6 is 0 Å². The van der Waals surface area contributed by atoms with Gasteiger partial charge in [0.2, 0.25) is 0 Å². The zero-order chi connectivity index (χ0) is 52.7. The summed E-state index contributed by atoms with van der Waals surface area (Å²) in [6.45, 7) is 0. The molecule has 0 spiro atoms. The van der Waals surface area contributed by atoms with Crippen molar-refractivity contribution in [2.24, 2.45) is 0 Å². The summed E-state index contributed by atoms with van der Waals surface area (Å²) in [5.74, 6) is 3.12. The maximum absolute atomic E-state index is 5.39. The Balaban J connectivity index is 0.919. The zero-order valence-corrected chi connectivity index (χ0v) is 42.9. The summed E-state index contributed by atoms with van der Waals surface area (Å²) < 4.78 is 2.49. The number of imidazole rings is 1. The van der Waals surface area contributed by atoms with Crippen LogP contribution in [0.2, 0.25) is 0 Å². The van der Waals surface area contributed by atoms with Gasteiger partial charge in [0, 0.05) is 16.7 Å². The number of para-hydroxylation sites is 10. The van der Waals surface area contributed by atoms with E-state index < -0.39 is 8.24 Å². The highest BCUT2D eigenvalue weighted by Gasteiger charge is 2.51. The molecule has 0 unspecified atom stereocenters. The summed E-state index contributed by atoms with van der Waals surface area (Å²) in [6.07, 6.45) is 6.80. The Hall–Kier alpha value is -11.2. The highest BCUT2D eigenvalue weighted by atomic mass is 28.3. The average Bonchev–Trinajstić information content (AvgIpc) is 4.16. The van der Waals surface area contributed by atoms with Crippen molar-refractivity contribution in [3.8, 4) is 80.2 Å². The van der Waals surface area contributed by atoms with Gasteiger partial charge < -0.3 is 4.23 Å². The van der Waals surface area contributed by atoms with Gasteiger partial charge in [-0.05, 0) is 88.4 Å². The minimum Gasteiger partial charge on any atom is -0.339 e. The van der Waals surface area contributed by atoms with Gasteiger partial charge in [0.05, 0.1) is 80.0 Å². The maximum Gasteiger partial charge on any atom is 0.259 e. The SMILES string of the molecule is c1cc(-c2nc(-c3cnc4ccccc4n3)nc(-c3cnc4ccccc4n3)n2)cc([Si]2(c3cccc(-c4nc(-c5cnc6ccccc6n5)nc(-c5cnc6ccccc6n5)n4)c3)c3ccccc3-c3nc4ccccc4n32)c1. The number of hydrogen-bond acceptors (Lipinski definition) is 15. The molecular formula is C63H36N16Si. The van der Waals surface area contributed by atoms with E-state index in [1.165, 1.54) is 0 Å². The summed E-state index contributed by atoms with van der Waals surface area (Å²) in [6, 6.07) is 65.0. The van der Waals surface area contributed by atoms with Crippen molar-refractivity contribution >= 4 is 79.0 Å². The van der Waals surface area contributed by atoms with Gasteiger partial charge in [0.25, 0.3) is 8.24 Å². The van der Waals surface area contributed by atoms with Crippen molar-refractivity contribution in [2.45, 2.75) is 0 Å². The Labute approximate surface area is 455 Å². The van der Waals surface area contributed by atoms with Crippen molar-refractivity contribution in [3.05, 3.63) is 219 Å². The predicted octanol–water partition coefficient (Wildman–Crippen LogP) is 9.68. The quantitative estimate of drug-likeness (QED) is 0.130. The first-order valence-electron chi connectivity index (χ1n) is 25.8. The van der Waals surface area contributed by atoms with E-state index in [-0.39, 0.29) is 0 Å². The third-order valence-corrected chi connectivity index (χ3v) is 19.1. The second-order valence-electron chi connectivity index (χ2n) is 19.3. The molecule has 80 heavy (non-hydrogen) atoms. The van der Waals surface area contributed by atoms with Gasteiger partial charge in [-0.2, -0.15) is 0 Å². The van der Waals surface area contributed by atoms with Crippen LogP contribution in [0, 0.1) is 0 Å². The Morgan fingerprint density at radius 2 is 0.625 bits per heavy atom. The van der Waals surface area contributed by atoms with Crippen molar-refractivity contribution in [1.29, 1.82) is 0 Å². The molecule has 8 heterocycles. The Kier molecular flexibility index (Phi) is 10.1. The number of rotatable bonds is 8. The lowest BCUT2D eigenvalue weighted by Gasteiger charge is -2.32. The van der Waals surface area contributed by atoms with Crippen LogP contribution in [0.25, 0.3) is 135 Å². The van der Waals surface area contributed by atoms with E-state index in [9.17, 15) is 0 Å². The predicted molar refractivity (Wildman–Crippen MR) is 310 cm³/mol. The molecule has 0 saturated heterocycles. The molecule has 8 aromatic carbocycles. The van der Waals surface area contributed by atoms with Gasteiger partial charge in [0.1, 0.15) is 28.6 Å². The molecule has 1 aliphatic rings. The third-order valence-electron chi connectivity index (χ3n) is 14.5. The first-order chi connectivity index (χ1) is 39.6. The van der Waals surface area contributed by atoms with Crippen LogP contribution in [-0.2, 0) is 0 Å². The lowest BCUT2D eigenvalue weighted by Crippen LogP contribution is -2.70. The number of fused-ring (bicyclic) bond motifs is 9. The summed E-state index contributed by atoms with van der Waals surface area (Å²) in [5.41, 5.74) is 12.3.